The fourth-order valence-corrected chi connectivity index (χ4v) is 4.74. The first kappa shape index (κ1) is 25.0. The van der Waals surface area contributed by atoms with Crippen LogP contribution in [0.3, 0.4) is 0 Å². The van der Waals surface area contributed by atoms with Crippen molar-refractivity contribution in [2.24, 2.45) is 0 Å². The van der Waals surface area contributed by atoms with E-state index in [1.54, 1.807) is 19.1 Å². The third-order valence-corrected chi connectivity index (χ3v) is 6.73. The van der Waals surface area contributed by atoms with Crippen LogP contribution in [0, 0.1) is 12.7 Å². The molecule has 5 N–H and O–H groups in total. The van der Waals surface area contributed by atoms with Crippen LogP contribution in [0.4, 0.5) is 26.2 Å². The third-order valence-electron chi connectivity index (χ3n) is 5.38. The molecule has 4 rings (SSSR count). The number of methoxy groups -OCH3 is 1. The van der Waals surface area contributed by atoms with Gasteiger partial charge in [0, 0.05) is 17.1 Å². The topological polar surface area (TPSA) is 159 Å². The minimum atomic E-state index is -3.92. The standard InChI is InChI=1S/C23H23F2N7O3S/c1-12-16(11-28-23(27)29-12)22-30-20-15(21(26)31-22)9-13(10-18(20)35-2)14-5-3-6-17(19(14)25)32-36(33,34)8-4-7-24/h3,5-6,9-11,32H,4,7-8H2,1-2H3,(H2,26,30,31)(H2,27,28,29). The molecule has 0 unspecified atom stereocenters. The molecule has 2 aromatic carbocycles. The Morgan fingerprint density at radius 2 is 1.89 bits per heavy atom. The van der Waals surface area contributed by atoms with E-state index >= 15 is 4.39 Å². The molecule has 0 fully saturated rings. The minimum absolute atomic E-state index is 0.0900. The van der Waals surface area contributed by atoms with Gasteiger partial charge in [0.05, 0.1) is 36.5 Å². The van der Waals surface area contributed by atoms with Gasteiger partial charge in [-0.1, -0.05) is 12.1 Å². The van der Waals surface area contributed by atoms with E-state index in [0.717, 1.165) is 0 Å². The average molecular weight is 516 g/mol. The van der Waals surface area contributed by atoms with E-state index in [9.17, 15) is 12.8 Å². The van der Waals surface area contributed by atoms with Crippen LogP contribution in [0.1, 0.15) is 12.1 Å². The number of alkyl halides is 1. The molecule has 0 spiro atoms. The Morgan fingerprint density at radius 1 is 1.11 bits per heavy atom. The zero-order valence-corrected chi connectivity index (χ0v) is 20.2. The molecule has 0 saturated carbocycles. The van der Waals surface area contributed by atoms with Crippen LogP contribution in [0.15, 0.2) is 36.5 Å². The summed E-state index contributed by atoms with van der Waals surface area (Å²) < 4.78 is 59.8. The van der Waals surface area contributed by atoms with Gasteiger partial charge in [0.2, 0.25) is 16.0 Å². The lowest BCUT2D eigenvalue weighted by atomic mass is 10.0. The van der Waals surface area contributed by atoms with E-state index in [4.69, 9.17) is 16.2 Å². The van der Waals surface area contributed by atoms with Crippen molar-refractivity contribution < 1.29 is 21.9 Å². The molecule has 10 nitrogen and oxygen atoms in total. The van der Waals surface area contributed by atoms with Crippen LogP contribution < -0.4 is 20.9 Å². The second-order valence-electron chi connectivity index (χ2n) is 7.86. The zero-order chi connectivity index (χ0) is 26.0. The molecule has 0 saturated heterocycles. The Labute approximate surface area is 205 Å². The molecule has 0 amide bonds. The van der Waals surface area contributed by atoms with Crippen LogP contribution in [-0.4, -0.2) is 47.9 Å². The number of nitrogen functional groups attached to an aromatic ring is 2. The van der Waals surface area contributed by atoms with E-state index in [1.165, 1.54) is 31.5 Å². The first-order valence-corrected chi connectivity index (χ1v) is 12.4. The number of fused-ring (bicyclic) bond motifs is 1. The molecule has 0 radical (unpaired) electrons. The first-order chi connectivity index (χ1) is 17.1. The number of aryl methyl sites for hydroxylation is 1. The lowest BCUT2D eigenvalue weighted by Gasteiger charge is -2.14. The highest BCUT2D eigenvalue weighted by Gasteiger charge is 2.19. The first-order valence-electron chi connectivity index (χ1n) is 10.7. The summed E-state index contributed by atoms with van der Waals surface area (Å²) in [4.78, 5) is 17.0. The number of ether oxygens (including phenoxy) is 1. The fraction of sp³-hybridized carbons (Fsp3) is 0.217. The van der Waals surface area contributed by atoms with Crippen molar-refractivity contribution in [3.8, 4) is 28.3 Å². The van der Waals surface area contributed by atoms with Crippen LogP contribution in [0.5, 0.6) is 5.75 Å². The van der Waals surface area contributed by atoms with E-state index in [-0.39, 0.29) is 35.3 Å². The summed E-state index contributed by atoms with van der Waals surface area (Å²) in [6, 6.07) is 7.41. The summed E-state index contributed by atoms with van der Waals surface area (Å²) in [7, 11) is -2.49. The second kappa shape index (κ2) is 9.85. The van der Waals surface area contributed by atoms with Gasteiger partial charge in [0.25, 0.3) is 0 Å². The van der Waals surface area contributed by atoms with E-state index in [0.29, 0.717) is 33.5 Å². The lowest BCUT2D eigenvalue weighted by molar-refractivity contribution is 0.419. The zero-order valence-electron chi connectivity index (χ0n) is 19.4. The van der Waals surface area contributed by atoms with Gasteiger partial charge in [-0.15, -0.1) is 0 Å². The van der Waals surface area contributed by atoms with Gasteiger partial charge in [-0.2, -0.15) is 0 Å². The summed E-state index contributed by atoms with van der Waals surface area (Å²) in [5.74, 6) is -0.504. The largest absolute Gasteiger partial charge is 0.494 e. The molecule has 0 aliphatic rings. The summed E-state index contributed by atoms with van der Waals surface area (Å²) in [5, 5.41) is 0.399. The third kappa shape index (κ3) is 4.96. The van der Waals surface area contributed by atoms with Crippen LogP contribution in [-0.2, 0) is 10.0 Å². The van der Waals surface area contributed by atoms with E-state index in [2.05, 4.69) is 24.7 Å². The molecule has 188 valence electrons. The summed E-state index contributed by atoms with van der Waals surface area (Å²) in [6.07, 6.45) is 1.30. The number of nitrogens with zero attached hydrogens (tertiary/aromatic N) is 4. The maximum atomic E-state index is 15.4. The fourth-order valence-electron chi connectivity index (χ4n) is 3.66. The van der Waals surface area contributed by atoms with Gasteiger partial charge in [0.15, 0.2) is 11.6 Å². The lowest BCUT2D eigenvalue weighted by Crippen LogP contribution is -2.18. The van der Waals surface area contributed by atoms with Gasteiger partial charge in [0.1, 0.15) is 17.1 Å². The highest BCUT2D eigenvalue weighted by Crippen LogP contribution is 2.37. The number of nitrogens with one attached hydrogen (secondary N) is 1. The van der Waals surface area contributed by atoms with Crippen molar-refractivity contribution in [1.82, 2.24) is 19.9 Å². The maximum Gasteiger partial charge on any atom is 0.232 e. The molecule has 0 bridgehead atoms. The smallest absolute Gasteiger partial charge is 0.232 e. The van der Waals surface area contributed by atoms with Gasteiger partial charge in [-0.05, 0) is 37.1 Å². The second-order valence-corrected chi connectivity index (χ2v) is 9.71. The number of halogens is 2. The van der Waals surface area contributed by atoms with Crippen LogP contribution in [0.2, 0.25) is 0 Å². The predicted octanol–water partition coefficient (Wildman–Crippen LogP) is 3.48. The van der Waals surface area contributed by atoms with Crippen molar-refractivity contribution >= 4 is 38.4 Å². The summed E-state index contributed by atoms with van der Waals surface area (Å²) in [5.41, 5.74) is 13.5. The Hall–Kier alpha value is -4.13. The molecule has 36 heavy (non-hydrogen) atoms. The number of benzene rings is 2. The van der Waals surface area contributed by atoms with Crippen LogP contribution in [0.25, 0.3) is 33.4 Å². The minimum Gasteiger partial charge on any atom is -0.494 e. The molecule has 2 aromatic heterocycles. The van der Waals surface area contributed by atoms with Gasteiger partial charge >= 0.3 is 0 Å². The average Bonchev–Trinajstić information content (AvgIpc) is 2.83. The van der Waals surface area contributed by atoms with Crippen molar-refractivity contribution in [1.29, 1.82) is 0 Å². The number of hydrogen-bond acceptors (Lipinski definition) is 9. The van der Waals surface area contributed by atoms with Gasteiger partial charge < -0.3 is 16.2 Å². The van der Waals surface area contributed by atoms with Gasteiger partial charge in [-0.3, -0.25) is 9.11 Å². The Bertz CT molecular complexity index is 1570. The Kier molecular flexibility index (Phi) is 6.84. The Balaban J connectivity index is 1.82. The van der Waals surface area contributed by atoms with Crippen molar-refractivity contribution in [2.45, 2.75) is 13.3 Å². The van der Waals surface area contributed by atoms with Gasteiger partial charge in [-0.25, -0.2) is 32.7 Å². The molecular weight excluding hydrogens is 492 g/mol. The number of rotatable bonds is 8. The van der Waals surface area contributed by atoms with Crippen molar-refractivity contribution in [3.05, 3.63) is 48.0 Å². The quantitative estimate of drug-likeness (QED) is 0.319. The van der Waals surface area contributed by atoms with E-state index in [1.807, 2.05) is 0 Å². The van der Waals surface area contributed by atoms with Crippen molar-refractivity contribution in [2.75, 3.05) is 35.7 Å². The highest BCUT2D eigenvalue weighted by molar-refractivity contribution is 7.92. The van der Waals surface area contributed by atoms with Crippen LogP contribution >= 0.6 is 0 Å². The molecule has 13 heteroatoms. The number of hydrogen-bond donors (Lipinski definition) is 3. The van der Waals surface area contributed by atoms with E-state index < -0.39 is 28.3 Å². The summed E-state index contributed by atoms with van der Waals surface area (Å²) in [6.45, 7) is 0.940. The summed E-state index contributed by atoms with van der Waals surface area (Å²) >= 11 is 0. The monoisotopic (exact) mass is 515 g/mol. The molecule has 2 heterocycles. The number of anilines is 3. The molecular formula is C23H23F2N7O3S. The number of nitrogens with two attached hydrogens (primary N) is 2. The SMILES string of the molecule is COc1cc(-c2cccc(NS(=O)(=O)CCCF)c2F)cc2c(N)nc(-c3cnc(N)nc3C)nc12. The molecule has 0 aliphatic heterocycles. The normalized spacial score (nSPS) is 11.6. The molecule has 0 aliphatic carbocycles. The number of aromatic nitrogens is 4. The Morgan fingerprint density at radius 3 is 2.58 bits per heavy atom. The highest BCUT2D eigenvalue weighted by atomic mass is 32.2. The number of sulfonamides is 1. The maximum absolute atomic E-state index is 15.4. The molecule has 0 atom stereocenters. The van der Waals surface area contributed by atoms with Crippen molar-refractivity contribution in [3.63, 3.8) is 0 Å². The predicted molar refractivity (Wildman–Crippen MR) is 134 cm³/mol. The molecule has 4 aromatic rings.